The van der Waals surface area contributed by atoms with Gasteiger partial charge in [0.25, 0.3) is 0 Å². The van der Waals surface area contributed by atoms with Gasteiger partial charge in [-0.1, -0.05) is 143 Å². The maximum Gasteiger partial charge on any atom is 0.361 e. The van der Waals surface area contributed by atoms with Crippen molar-refractivity contribution < 1.29 is 101 Å². The van der Waals surface area contributed by atoms with Crippen LogP contribution >= 0.6 is 72.3 Å². The van der Waals surface area contributed by atoms with Gasteiger partial charge < -0.3 is 112 Å². The fourth-order valence-electron chi connectivity index (χ4n) is 13.1. The maximum atomic E-state index is 10.6. The number of hydrogen-bond acceptors (Lipinski definition) is 35. The summed E-state index contributed by atoms with van der Waals surface area (Å²) in [4.78, 5) is 31.2. The second-order valence-corrected chi connectivity index (χ2v) is 39.2. The summed E-state index contributed by atoms with van der Waals surface area (Å²) in [6.45, 7) is 26.8. The first-order valence-electron chi connectivity index (χ1n) is 50.5. The Morgan fingerprint density at radius 3 is 1.37 bits per heavy atom. The summed E-state index contributed by atoms with van der Waals surface area (Å²) in [6, 6.07) is 30.3. The molecule has 2 aliphatic heterocycles. The summed E-state index contributed by atoms with van der Waals surface area (Å²) in [5.41, 5.74) is 37.5. The van der Waals surface area contributed by atoms with Crippen LogP contribution in [0.5, 0.6) is 0 Å². The molecule has 8 unspecified atom stereocenters. The van der Waals surface area contributed by atoms with Crippen LogP contribution in [0, 0.1) is 5.92 Å². The summed E-state index contributed by atoms with van der Waals surface area (Å²) >= 11 is 14.8. The summed E-state index contributed by atoms with van der Waals surface area (Å²) in [5.74, 6) is 13.8. The van der Waals surface area contributed by atoms with Crippen molar-refractivity contribution in [3.8, 4) is 11.6 Å². The molecule has 0 saturated heterocycles. The number of nitrogens with zero attached hydrogens (tertiary/aromatic N) is 20. The molecule has 39 nitrogen and oxygen atoms in total. The molecule has 0 fully saturated rings. The van der Waals surface area contributed by atoms with Crippen LogP contribution in [-0.2, 0) is 142 Å². The number of allylic oxidation sites excluding steroid dienone is 1. The van der Waals surface area contributed by atoms with Crippen molar-refractivity contribution >= 4 is 90.1 Å². The molecule has 7 heterocycles. The third-order valence-electron chi connectivity index (χ3n) is 20.7. The number of nitrogens with two attached hydrogens (primary N) is 3. The molecule has 8 atom stereocenters. The fourth-order valence-corrected chi connectivity index (χ4v) is 16.2. The summed E-state index contributed by atoms with van der Waals surface area (Å²) < 4.78 is 87.5. The Bertz CT molecular complexity index is 4800. The van der Waals surface area contributed by atoms with Gasteiger partial charge in [0.15, 0.2) is 24.0 Å². The minimum atomic E-state index is -0.771. The number of aliphatic imine (C=N–C) groups is 2. The average molecular weight is 2380 g/mol. The van der Waals surface area contributed by atoms with Crippen molar-refractivity contribution in [1.29, 1.82) is 0 Å². The van der Waals surface area contributed by atoms with E-state index in [0.717, 1.165) is 168 Å². The number of aryl methyl sites for hydroxylation is 7. The Morgan fingerprint density at radius 2 is 0.907 bits per heavy atom. The van der Waals surface area contributed by atoms with Crippen LogP contribution in [0.25, 0.3) is 32.5 Å². The molecule has 0 radical (unpaired) electrons. The molecule has 9 N–H and O–H groups in total. The van der Waals surface area contributed by atoms with Gasteiger partial charge in [-0.15, -0.1) is 24.8 Å². The zero-order valence-electron chi connectivity index (χ0n) is 88.2. The molecular formula is C104H166N23O16OsS6+. The minimum absolute atomic E-state index is 0. The average Bonchev–Trinajstić information content (AvgIpc) is 1.68. The van der Waals surface area contributed by atoms with Crippen molar-refractivity contribution in [2.75, 3.05) is 236 Å². The zero-order chi connectivity index (χ0) is 108. The zero-order valence-corrected chi connectivity index (χ0v) is 95.8. The van der Waals surface area contributed by atoms with Gasteiger partial charge >= 0.3 is 5.84 Å². The number of benzene rings is 3. The monoisotopic (exact) mass is 2380 g/mol. The van der Waals surface area contributed by atoms with E-state index in [0.29, 0.717) is 150 Å². The van der Waals surface area contributed by atoms with Crippen LogP contribution in [0.4, 0.5) is 0 Å². The van der Waals surface area contributed by atoms with Crippen molar-refractivity contribution in [2.45, 2.75) is 127 Å². The fraction of sp³-hybridized carbons (Fsp3) is 0.587. The summed E-state index contributed by atoms with van der Waals surface area (Å²) in [6.07, 6.45) is 31.9. The first-order chi connectivity index (χ1) is 73.0. The number of thiol groups is 2. The molecular weight excluding hydrogens is 2210 g/mol. The Kier molecular flexibility index (Phi) is 86.1. The van der Waals surface area contributed by atoms with E-state index < -0.39 is 18.3 Å². The van der Waals surface area contributed by atoms with Gasteiger partial charge in [-0.05, 0) is 107 Å². The molecule has 0 spiro atoms. The minimum Gasteiger partial charge on any atom is -0.388 e. The normalized spacial score (nSPS) is 13.6. The van der Waals surface area contributed by atoms with Gasteiger partial charge in [-0.25, -0.2) is 24.5 Å². The second-order valence-electron chi connectivity index (χ2n) is 33.4. The first-order valence-corrected chi connectivity index (χ1v) is 56.3. The van der Waals surface area contributed by atoms with Gasteiger partial charge in [0, 0.05) is 214 Å². The van der Waals surface area contributed by atoms with E-state index >= 15 is 0 Å². The molecule has 0 amide bonds. The summed E-state index contributed by atoms with van der Waals surface area (Å²) in [5, 5.41) is 45.9. The number of azide groups is 2. The molecule has 46 heteroatoms. The first kappa shape index (κ1) is 136. The van der Waals surface area contributed by atoms with Crippen LogP contribution in [0.1, 0.15) is 79.5 Å². The molecule has 3 aromatic carbocycles. The van der Waals surface area contributed by atoms with Gasteiger partial charge in [0.1, 0.15) is 42.8 Å². The Balaban J connectivity index is 0.000000531. The van der Waals surface area contributed by atoms with E-state index in [2.05, 4.69) is 147 Å². The summed E-state index contributed by atoms with van der Waals surface area (Å²) in [7, 11) is 7.89. The number of ether oxygens (including phenoxy) is 13. The Morgan fingerprint density at radius 1 is 0.487 bits per heavy atom. The smallest absolute Gasteiger partial charge is 0.361 e. The van der Waals surface area contributed by atoms with E-state index in [1.165, 1.54) is 5.56 Å². The number of aromatic nitrogens is 11. The molecule has 8 aromatic rings. The Hall–Kier alpha value is -7.79. The van der Waals surface area contributed by atoms with E-state index in [4.69, 9.17) is 89.8 Å². The number of thioether (sulfide) groups is 4. The molecule has 0 aliphatic carbocycles. The number of amidine groups is 1. The van der Waals surface area contributed by atoms with Gasteiger partial charge in [0.2, 0.25) is 5.82 Å². The van der Waals surface area contributed by atoms with E-state index in [1.807, 2.05) is 203 Å². The number of aliphatic hydroxyl groups excluding tert-OH is 3. The number of rotatable bonds is 79. The molecule has 0 bridgehead atoms. The SMILES string of the molecule is C=CCOCC(CCCc1ccccc1)OCC(COCCCSCCN)OCC(O)COCCCSCCN=[N+]=[N-].C=CCOCC(COCc1ccccc1)OCC(COCCCSCCN)OCC(O)COCCCSCCn1cc(CCn2ccnc2C2=NCC=[N+]2C)nn1.C=CCOCC(O)COCc1ccccc1.CC1C=CN=C1c1nccn1C.Cn1ccnc1-c1nccn1C.NCCS.[N-]=[N+]=NCCS.[Os]. The van der Waals surface area contributed by atoms with Gasteiger partial charge in [0.05, 0.1) is 150 Å². The third kappa shape index (κ3) is 68.5. The van der Waals surface area contributed by atoms with Crippen LogP contribution in [0.2, 0.25) is 0 Å². The predicted molar refractivity (Wildman–Crippen MR) is 609 cm³/mol. The van der Waals surface area contributed by atoms with Gasteiger partial charge in [-0.3, -0.25) is 9.67 Å². The largest absolute Gasteiger partial charge is 0.388 e. The van der Waals surface area contributed by atoms with Crippen LogP contribution in [0.3, 0.4) is 0 Å². The van der Waals surface area contributed by atoms with E-state index in [9.17, 15) is 15.3 Å². The standard InChI is InChI=1S/C40H63N8O7S2.C30H52N4O6S2.C13H18O3.C9H11N3.C8H10N4.C2H5N3S.C2H7NS.Os/c1-3-19-50-30-37(32-53-27-34-9-5-4-6-10-34)55-33-38(31-52-21-8-22-56-24-12-41)54-29-36(49)28-51-20-7-23-57-25-18-48-26-35(44-45-48)11-15-47-17-14-43-40(47)39-42-13-16-46(39)2;1-2-15-36-24-29(12-6-11-27-9-4-3-5-10-27)40-26-30(25-38-17-8-18-41-20-13-31)39-23-28(35)22-37-16-7-19-42-21-14-33-34-32;1-2-8-15-10-13(14)11-16-9-12-6-4-3-5-7-12;1-7-3-4-10-8(7)9-11-5-6-12(9)2;1-11-5-3-9-7(11)8-10-4-6-12(8)2;3-5-4-1-2-6;3-1-2-4;/h3-6,9-10,14,16-17,26,36-38,49H,1,7-8,11-13,15,18-25,27-33,41H2,2H3;2-5,9-10,28-30,35H,1,6-8,11-26,31H2;2-7,13-14H,1,8-11H2;3-7H,1-2H3;3-6H,1-2H3;6H,1-2H2;4H,1-3H2;/q+1;;;;;;;. The Labute approximate surface area is 929 Å². The van der Waals surface area contributed by atoms with Crippen LogP contribution in [-0.4, -0.2) is 370 Å². The van der Waals surface area contributed by atoms with Crippen molar-refractivity contribution in [3.63, 3.8) is 0 Å². The van der Waals surface area contributed by atoms with E-state index in [-0.39, 0.29) is 90.5 Å². The third-order valence-corrected chi connectivity index (χ3v) is 25.4. The number of imidazole rings is 4. The molecule has 2 aliphatic rings. The van der Waals surface area contributed by atoms with Crippen molar-refractivity contribution in [1.82, 2.24) is 53.2 Å². The predicted octanol–water partition coefficient (Wildman–Crippen LogP) is 12.9. The number of aliphatic hydroxyl groups is 3. The molecule has 10 rings (SSSR count). The van der Waals surface area contributed by atoms with Crippen molar-refractivity contribution in [2.24, 2.45) is 64.5 Å². The molecule has 0 saturated carbocycles. The van der Waals surface area contributed by atoms with Crippen molar-refractivity contribution in [3.05, 3.63) is 252 Å². The topological polar surface area (TPSA) is 486 Å². The molecule has 5 aromatic heterocycles. The quantitative estimate of drug-likeness (QED) is 0.00334. The van der Waals surface area contributed by atoms with Gasteiger partial charge in [-0.2, -0.15) is 72.3 Å². The maximum absolute atomic E-state index is 10.6. The second kappa shape index (κ2) is 94.7. The van der Waals surface area contributed by atoms with E-state index in [1.54, 1.807) is 48.6 Å². The van der Waals surface area contributed by atoms with Crippen LogP contribution in [0.15, 0.2) is 217 Å². The number of hydrogen-bond donors (Lipinski definition) is 8. The molecule has 836 valence electrons. The van der Waals surface area contributed by atoms with Crippen LogP contribution < -0.4 is 17.2 Å². The molecule has 150 heavy (non-hydrogen) atoms.